The van der Waals surface area contributed by atoms with Crippen LogP contribution >= 0.6 is 12.2 Å². The van der Waals surface area contributed by atoms with Gasteiger partial charge in [-0.25, -0.2) is 0 Å². The van der Waals surface area contributed by atoms with E-state index in [1.54, 1.807) is 0 Å². The summed E-state index contributed by atoms with van der Waals surface area (Å²) < 4.78 is 0. The van der Waals surface area contributed by atoms with E-state index in [9.17, 15) is 0 Å². The number of hydrogen-bond donors (Lipinski definition) is 0. The van der Waals surface area contributed by atoms with Gasteiger partial charge in [0, 0.05) is 0 Å². The van der Waals surface area contributed by atoms with Crippen molar-refractivity contribution in [1.82, 2.24) is 0 Å². The Hall–Kier alpha value is 0.155. The van der Waals surface area contributed by atoms with E-state index in [1.165, 1.54) is 0 Å². The van der Waals surface area contributed by atoms with E-state index in [-0.39, 0.29) is 0 Å². The molecular formula is C4H9BS. The largest absolute Gasteiger partial charge is 0.111 e. The van der Waals surface area contributed by atoms with Gasteiger partial charge in [0.15, 0.2) is 0 Å². The van der Waals surface area contributed by atoms with Crippen LogP contribution in [-0.2, 0) is 0 Å². The Labute approximate surface area is 45.3 Å². The third-order valence-corrected chi connectivity index (χ3v) is 1.28. The molecule has 0 bridgehead atoms. The summed E-state index contributed by atoms with van der Waals surface area (Å²) in [6.07, 6.45) is 0. The molecule has 0 radical (unpaired) electrons. The maximum Gasteiger partial charge on any atom is 0.111 e. The molecule has 0 aromatic carbocycles. The molecule has 0 aromatic rings. The first kappa shape index (κ1) is 6.15. The fourth-order valence-electron chi connectivity index (χ4n) is 0. The lowest BCUT2D eigenvalue weighted by Crippen LogP contribution is -1.93. The van der Waals surface area contributed by atoms with Gasteiger partial charge in [0.1, 0.15) is 7.85 Å². The molecule has 0 saturated carbocycles. The SMILES string of the molecule is BC(C)C(C)=S. The number of rotatable bonds is 1. The monoisotopic (exact) mass is 100 g/mol. The quantitative estimate of drug-likeness (QED) is 0.347. The molecule has 1 atom stereocenters. The molecule has 0 aliphatic heterocycles. The van der Waals surface area contributed by atoms with E-state index in [2.05, 4.69) is 14.8 Å². The van der Waals surface area contributed by atoms with Crippen molar-refractivity contribution in [3.05, 3.63) is 0 Å². The minimum Gasteiger partial charge on any atom is -0.0905 e. The van der Waals surface area contributed by atoms with Crippen LogP contribution in [0.4, 0.5) is 0 Å². The van der Waals surface area contributed by atoms with Gasteiger partial charge in [-0.3, -0.25) is 0 Å². The second kappa shape index (κ2) is 2.35. The Balaban J connectivity index is 3.26. The summed E-state index contributed by atoms with van der Waals surface area (Å²) in [4.78, 5) is 1.09. The average molecular weight is 100.0 g/mol. The van der Waals surface area contributed by atoms with Crippen LogP contribution < -0.4 is 0 Å². The normalized spacial score (nSPS) is 13.7. The van der Waals surface area contributed by atoms with Crippen LogP contribution in [0, 0.1) is 0 Å². The summed E-state index contributed by atoms with van der Waals surface area (Å²) in [7, 11) is 2.10. The molecule has 0 spiro atoms. The van der Waals surface area contributed by atoms with E-state index in [0.29, 0.717) is 5.82 Å². The highest BCUT2D eigenvalue weighted by Gasteiger charge is 1.90. The Kier molecular flexibility index (Phi) is 2.41. The summed E-state index contributed by atoms with van der Waals surface area (Å²) in [6.45, 7) is 4.07. The molecule has 0 amide bonds. The second-order valence-electron chi connectivity index (χ2n) is 1.77. The maximum atomic E-state index is 4.82. The highest BCUT2D eigenvalue weighted by Crippen LogP contribution is 1.96. The number of thiocarbonyl (C=S) groups is 1. The van der Waals surface area contributed by atoms with Crippen molar-refractivity contribution < 1.29 is 0 Å². The highest BCUT2D eigenvalue weighted by molar-refractivity contribution is 7.80. The van der Waals surface area contributed by atoms with Gasteiger partial charge < -0.3 is 0 Å². The smallest absolute Gasteiger partial charge is 0.0905 e. The highest BCUT2D eigenvalue weighted by atomic mass is 32.1. The van der Waals surface area contributed by atoms with Crippen LogP contribution in [0.2, 0.25) is 5.82 Å². The summed E-state index contributed by atoms with van der Waals surface area (Å²) >= 11 is 4.82. The van der Waals surface area contributed by atoms with Crippen molar-refractivity contribution in [2.75, 3.05) is 0 Å². The van der Waals surface area contributed by atoms with Crippen molar-refractivity contribution in [2.45, 2.75) is 19.7 Å². The van der Waals surface area contributed by atoms with Crippen LogP contribution in [0.25, 0.3) is 0 Å². The lowest BCUT2D eigenvalue weighted by molar-refractivity contribution is 1.29. The maximum absolute atomic E-state index is 4.82. The van der Waals surface area contributed by atoms with Gasteiger partial charge in [-0.05, 0) is 17.6 Å². The predicted octanol–water partition coefficient (Wildman–Crippen LogP) is 0.818. The first-order valence-corrected chi connectivity index (χ1v) is 2.56. The van der Waals surface area contributed by atoms with E-state index in [1.807, 2.05) is 6.92 Å². The molecule has 0 rings (SSSR count). The molecule has 0 aliphatic rings. The van der Waals surface area contributed by atoms with E-state index >= 15 is 0 Å². The van der Waals surface area contributed by atoms with Gasteiger partial charge >= 0.3 is 0 Å². The number of hydrogen-bond acceptors (Lipinski definition) is 1. The molecule has 0 aliphatic carbocycles. The van der Waals surface area contributed by atoms with Gasteiger partial charge in [0.25, 0.3) is 0 Å². The van der Waals surface area contributed by atoms with Crippen LogP contribution in [0.1, 0.15) is 13.8 Å². The fraction of sp³-hybridized carbons (Fsp3) is 0.750. The molecule has 0 fully saturated rings. The van der Waals surface area contributed by atoms with Crippen LogP contribution in [0.5, 0.6) is 0 Å². The molecule has 0 nitrogen and oxygen atoms in total. The average Bonchev–Trinajstić information content (AvgIpc) is 1.36. The van der Waals surface area contributed by atoms with Crippen LogP contribution in [-0.4, -0.2) is 12.7 Å². The molecule has 34 valence electrons. The lowest BCUT2D eigenvalue weighted by atomic mass is 9.87. The molecule has 1 unspecified atom stereocenters. The van der Waals surface area contributed by atoms with Crippen molar-refractivity contribution in [3.63, 3.8) is 0 Å². The zero-order valence-corrected chi connectivity index (χ0v) is 5.30. The van der Waals surface area contributed by atoms with E-state index in [4.69, 9.17) is 12.2 Å². The summed E-state index contributed by atoms with van der Waals surface area (Å²) in [5, 5.41) is 0. The minimum atomic E-state index is 0.583. The van der Waals surface area contributed by atoms with Crippen molar-refractivity contribution in [3.8, 4) is 0 Å². The first-order valence-electron chi connectivity index (χ1n) is 2.15. The van der Waals surface area contributed by atoms with Gasteiger partial charge in [-0.2, -0.15) is 0 Å². The molecule has 0 aromatic heterocycles. The van der Waals surface area contributed by atoms with Gasteiger partial charge in [-0.15, -0.1) is 0 Å². The van der Waals surface area contributed by atoms with Crippen LogP contribution in [0.3, 0.4) is 0 Å². The van der Waals surface area contributed by atoms with Crippen molar-refractivity contribution in [2.24, 2.45) is 0 Å². The molecule has 6 heavy (non-hydrogen) atoms. The Bertz CT molecular complexity index is 58.6. The fourth-order valence-corrected chi connectivity index (χ4v) is 0. The Morgan fingerprint density at radius 2 is 2.00 bits per heavy atom. The van der Waals surface area contributed by atoms with Gasteiger partial charge in [0.2, 0.25) is 0 Å². The van der Waals surface area contributed by atoms with Crippen molar-refractivity contribution in [1.29, 1.82) is 0 Å². The first-order chi connectivity index (χ1) is 2.64. The topological polar surface area (TPSA) is 0 Å². The zero-order valence-electron chi connectivity index (χ0n) is 4.49. The third-order valence-electron chi connectivity index (χ3n) is 0.813. The zero-order chi connectivity index (χ0) is 5.15. The minimum absolute atomic E-state index is 0.583. The predicted molar refractivity (Wildman–Crippen MR) is 36.2 cm³/mol. The van der Waals surface area contributed by atoms with E-state index < -0.39 is 0 Å². The van der Waals surface area contributed by atoms with E-state index in [0.717, 1.165) is 4.86 Å². The van der Waals surface area contributed by atoms with Crippen molar-refractivity contribution >= 4 is 24.9 Å². The molecule has 0 N–H and O–H groups in total. The summed E-state index contributed by atoms with van der Waals surface area (Å²) in [5.41, 5.74) is 0. The van der Waals surface area contributed by atoms with Gasteiger partial charge in [0.05, 0.1) is 0 Å². The third kappa shape index (κ3) is 2.40. The molecular weight excluding hydrogens is 90.9 g/mol. The van der Waals surface area contributed by atoms with Gasteiger partial charge in [-0.1, -0.05) is 19.1 Å². The Morgan fingerprint density at radius 3 is 2.00 bits per heavy atom. The lowest BCUT2D eigenvalue weighted by Gasteiger charge is -1.94. The summed E-state index contributed by atoms with van der Waals surface area (Å²) in [5.74, 6) is 0.583. The second-order valence-corrected chi connectivity index (χ2v) is 2.41. The summed E-state index contributed by atoms with van der Waals surface area (Å²) in [6, 6.07) is 0. The molecule has 0 heterocycles. The Morgan fingerprint density at radius 1 is 1.83 bits per heavy atom. The molecule has 2 heteroatoms. The van der Waals surface area contributed by atoms with Crippen LogP contribution in [0.15, 0.2) is 0 Å². The molecule has 0 saturated heterocycles. The standard InChI is InChI=1S/C4H9BS/c1-3(5)4(2)6/h3H,5H2,1-2H3.